The molecule has 0 nitrogen and oxygen atoms in total. The third-order valence-electron chi connectivity index (χ3n) is 0.728. The molecule has 1 heteroatoms. The first-order valence-corrected chi connectivity index (χ1v) is 3.01. The molecule has 0 heterocycles. The van der Waals surface area contributed by atoms with Gasteiger partial charge < -0.3 is 0 Å². The molecule has 0 radical (unpaired) electrons. The number of hydrogen-bond donors (Lipinski definition) is 0. The Labute approximate surface area is 45.7 Å². The van der Waals surface area contributed by atoms with Crippen molar-refractivity contribution in [3.8, 4) is 0 Å². The second-order valence-corrected chi connectivity index (χ2v) is 2.51. The van der Waals surface area contributed by atoms with Crippen molar-refractivity contribution in [3.63, 3.8) is 0 Å². The van der Waals surface area contributed by atoms with Crippen LogP contribution in [-0.4, -0.2) is 16.0 Å². The zero-order valence-corrected chi connectivity index (χ0v) is 5.21. The third kappa shape index (κ3) is 0.734. The van der Waals surface area contributed by atoms with Crippen molar-refractivity contribution < 1.29 is 0 Å². The summed E-state index contributed by atoms with van der Waals surface area (Å²) in [6.07, 6.45) is 8.39. The van der Waals surface area contributed by atoms with Gasteiger partial charge in [0, 0.05) is 0 Å². The summed E-state index contributed by atoms with van der Waals surface area (Å²) >= 11 is 2.57. The number of rotatable bonds is 0. The Morgan fingerprint density at radius 3 is 1.83 bits per heavy atom. The van der Waals surface area contributed by atoms with Crippen LogP contribution in [0, 0.1) is 0 Å². The molecule has 0 N–H and O–H groups in total. The van der Waals surface area contributed by atoms with Gasteiger partial charge in [-0.2, -0.15) is 0 Å². The minimum atomic E-state index is 0.623. The van der Waals surface area contributed by atoms with E-state index in [1.165, 1.54) is 0 Å². The van der Waals surface area contributed by atoms with Crippen molar-refractivity contribution in [3.05, 3.63) is 24.3 Å². The molecule has 1 aliphatic carbocycles. The molecule has 0 amide bonds. The van der Waals surface area contributed by atoms with E-state index in [2.05, 4.69) is 40.3 Å². The van der Waals surface area contributed by atoms with Crippen LogP contribution in [0.15, 0.2) is 24.3 Å². The first-order valence-electron chi connectivity index (χ1n) is 1.92. The molecule has 0 aromatic rings. The SMILES string of the molecule is [SeH]C1C=CC=C1. The predicted octanol–water partition coefficient (Wildman–Crippen LogP) is 0.802. The van der Waals surface area contributed by atoms with Gasteiger partial charge in [-0.3, -0.25) is 0 Å². The molecule has 6 heavy (non-hydrogen) atoms. The van der Waals surface area contributed by atoms with Gasteiger partial charge in [-0.25, -0.2) is 0 Å². The van der Waals surface area contributed by atoms with E-state index in [0.29, 0.717) is 4.82 Å². The van der Waals surface area contributed by atoms with Gasteiger partial charge in [0.2, 0.25) is 0 Å². The molecule has 0 atom stereocenters. The van der Waals surface area contributed by atoms with Crippen LogP contribution in [0.2, 0.25) is 4.82 Å². The molecule has 1 rings (SSSR count). The molecule has 0 unspecified atom stereocenters. The van der Waals surface area contributed by atoms with E-state index in [9.17, 15) is 0 Å². The molecule has 0 aliphatic heterocycles. The van der Waals surface area contributed by atoms with E-state index < -0.39 is 0 Å². The Kier molecular flexibility index (Phi) is 1.13. The quantitative estimate of drug-likeness (QED) is 0.442. The zero-order valence-electron chi connectivity index (χ0n) is 3.33. The van der Waals surface area contributed by atoms with E-state index in [0.717, 1.165) is 0 Å². The average Bonchev–Trinajstić information content (AvgIpc) is 1.86. The Balaban J connectivity index is 2.60. The number of hydrogen-bond acceptors (Lipinski definition) is 0. The molecular formula is C5H6Se. The van der Waals surface area contributed by atoms with Crippen molar-refractivity contribution >= 4 is 16.0 Å². The molecule has 32 valence electrons. The van der Waals surface area contributed by atoms with E-state index in [1.807, 2.05) is 0 Å². The van der Waals surface area contributed by atoms with Gasteiger partial charge in [-0.05, 0) is 0 Å². The van der Waals surface area contributed by atoms with Crippen molar-refractivity contribution in [2.75, 3.05) is 0 Å². The van der Waals surface area contributed by atoms with Crippen molar-refractivity contribution in [2.24, 2.45) is 0 Å². The molecular weight excluding hydrogens is 139 g/mol. The van der Waals surface area contributed by atoms with E-state index in [4.69, 9.17) is 0 Å². The third-order valence-corrected chi connectivity index (χ3v) is 1.45. The van der Waals surface area contributed by atoms with Crippen LogP contribution in [0.25, 0.3) is 0 Å². The Morgan fingerprint density at radius 2 is 1.67 bits per heavy atom. The van der Waals surface area contributed by atoms with Crippen LogP contribution in [-0.2, 0) is 0 Å². The fourth-order valence-electron chi connectivity index (χ4n) is 0.420. The van der Waals surface area contributed by atoms with Crippen LogP contribution in [0.3, 0.4) is 0 Å². The van der Waals surface area contributed by atoms with Crippen molar-refractivity contribution in [1.29, 1.82) is 0 Å². The second-order valence-electron chi connectivity index (χ2n) is 1.26. The second kappa shape index (κ2) is 1.63. The topological polar surface area (TPSA) is 0 Å². The fraction of sp³-hybridized carbons (Fsp3) is 0.200. The maximum absolute atomic E-state index is 2.57. The average molecular weight is 145 g/mol. The van der Waals surface area contributed by atoms with Crippen LogP contribution in [0.1, 0.15) is 0 Å². The predicted molar refractivity (Wildman–Crippen MR) is 29.2 cm³/mol. The zero-order chi connectivity index (χ0) is 4.41. The maximum atomic E-state index is 2.57. The molecule has 0 fully saturated rings. The van der Waals surface area contributed by atoms with Gasteiger partial charge in [0.1, 0.15) is 0 Å². The van der Waals surface area contributed by atoms with Crippen LogP contribution in [0.5, 0.6) is 0 Å². The summed E-state index contributed by atoms with van der Waals surface area (Å²) in [5.74, 6) is 0. The first-order chi connectivity index (χ1) is 2.89. The summed E-state index contributed by atoms with van der Waals surface area (Å²) in [5.41, 5.74) is 0. The Bertz CT molecular complexity index is 80.1. The van der Waals surface area contributed by atoms with E-state index >= 15 is 0 Å². The van der Waals surface area contributed by atoms with Gasteiger partial charge in [0.15, 0.2) is 0 Å². The van der Waals surface area contributed by atoms with Gasteiger partial charge in [-0.1, -0.05) is 0 Å². The summed E-state index contributed by atoms with van der Waals surface area (Å²) in [4.78, 5) is 0.623. The van der Waals surface area contributed by atoms with Gasteiger partial charge in [0.25, 0.3) is 0 Å². The van der Waals surface area contributed by atoms with Gasteiger partial charge in [-0.15, -0.1) is 0 Å². The fourth-order valence-corrected chi connectivity index (χ4v) is 0.837. The van der Waals surface area contributed by atoms with Crippen LogP contribution >= 0.6 is 0 Å². The summed E-state index contributed by atoms with van der Waals surface area (Å²) in [6.45, 7) is 0. The Hall–Kier alpha value is -0.000519. The molecule has 1 aliphatic rings. The monoisotopic (exact) mass is 146 g/mol. The summed E-state index contributed by atoms with van der Waals surface area (Å²) < 4.78 is 0. The molecule has 0 aromatic carbocycles. The molecule has 0 bridgehead atoms. The van der Waals surface area contributed by atoms with Crippen LogP contribution < -0.4 is 0 Å². The van der Waals surface area contributed by atoms with Gasteiger partial charge in [0.05, 0.1) is 0 Å². The van der Waals surface area contributed by atoms with Gasteiger partial charge >= 0.3 is 45.1 Å². The molecule has 0 spiro atoms. The van der Waals surface area contributed by atoms with Crippen molar-refractivity contribution in [2.45, 2.75) is 4.82 Å². The Morgan fingerprint density at radius 1 is 1.17 bits per heavy atom. The minimum absolute atomic E-state index is 0.623. The summed E-state index contributed by atoms with van der Waals surface area (Å²) in [6, 6.07) is 0. The number of allylic oxidation sites excluding steroid dienone is 4. The molecule has 0 saturated carbocycles. The summed E-state index contributed by atoms with van der Waals surface area (Å²) in [7, 11) is 0. The molecule has 0 aromatic heterocycles. The molecule has 0 saturated heterocycles. The van der Waals surface area contributed by atoms with E-state index in [-0.39, 0.29) is 0 Å². The first kappa shape index (κ1) is 4.17. The van der Waals surface area contributed by atoms with Crippen LogP contribution in [0.4, 0.5) is 0 Å². The van der Waals surface area contributed by atoms with E-state index in [1.54, 1.807) is 0 Å². The standard InChI is InChI=1S/C5H6Se/c6-5-3-1-2-4-5/h1-6H. The summed E-state index contributed by atoms with van der Waals surface area (Å²) in [5, 5.41) is 0. The van der Waals surface area contributed by atoms with Crippen molar-refractivity contribution in [1.82, 2.24) is 0 Å². The normalized spacial score (nSPS) is 20.2.